The molecule has 0 amide bonds. The highest BCUT2D eigenvalue weighted by Gasteiger charge is 2.56. The highest BCUT2D eigenvalue weighted by Crippen LogP contribution is 2.52. The summed E-state index contributed by atoms with van der Waals surface area (Å²) in [4.78, 5) is 24.4. The molecule has 3 aliphatic rings. The molecule has 4 nitrogen and oxygen atoms in total. The third-order valence-electron chi connectivity index (χ3n) is 6.61. The van der Waals surface area contributed by atoms with Crippen LogP contribution in [0.4, 0.5) is 0 Å². The van der Waals surface area contributed by atoms with E-state index in [9.17, 15) is 14.7 Å². The molecule has 0 radical (unpaired) electrons. The van der Waals surface area contributed by atoms with Crippen molar-refractivity contribution in [2.75, 3.05) is 0 Å². The van der Waals surface area contributed by atoms with E-state index in [1.54, 1.807) is 13.8 Å². The Kier molecular flexibility index (Phi) is 4.87. The summed E-state index contributed by atoms with van der Waals surface area (Å²) in [6.07, 6.45) is 10.2. The fourth-order valence-electron chi connectivity index (χ4n) is 5.21. The summed E-state index contributed by atoms with van der Waals surface area (Å²) in [5.74, 6) is 0.469. The van der Waals surface area contributed by atoms with E-state index < -0.39 is 17.1 Å². The van der Waals surface area contributed by atoms with Crippen molar-refractivity contribution in [2.45, 2.75) is 89.8 Å². The maximum absolute atomic E-state index is 12.5. The number of aliphatic hydroxyl groups is 1. The van der Waals surface area contributed by atoms with Gasteiger partial charge in [0.1, 0.15) is 23.2 Å². The van der Waals surface area contributed by atoms with Crippen LogP contribution in [0.1, 0.15) is 78.1 Å². The lowest BCUT2D eigenvalue weighted by molar-refractivity contribution is -0.151. The van der Waals surface area contributed by atoms with E-state index in [1.165, 1.54) is 6.42 Å². The summed E-state index contributed by atoms with van der Waals surface area (Å²) in [6.45, 7) is 3.37. The van der Waals surface area contributed by atoms with Gasteiger partial charge in [0.2, 0.25) is 0 Å². The van der Waals surface area contributed by atoms with Crippen molar-refractivity contribution in [3.63, 3.8) is 0 Å². The normalized spacial score (nSPS) is 34.3. The van der Waals surface area contributed by atoms with Gasteiger partial charge in [0.15, 0.2) is 6.29 Å². The molecular weight excluding hydrogens is 304 g/mol. The molecule has 1 aliphatic heterocycles. The highest BCUT2D eigenvalue weighted by atomic mass is 16.5. The lowest BCUT2D eigenvalue weighted by atomic mass is 9.67. The number of aldehydes is 1. The molecule has 2 atom stereocenters. The average Bonchev–Trinajstić information content (AvgIpc) is 2.88. The molecule has 2 fully saturated rings. The molecule has 0 aromatic rings. The highest BCUT2D eigenvalue weighted by molar-refractivity contribution is 5.84. The summed E-state index contributed by atoms with van der Waals surface area (Å²) in [6, 6.07) is 0. The van der Waals surface area contributed by atoms with E-state index in [0.29, 0.717) is 0 Å². The minimum absolute atomic E-state index is 0.0805. The minimum Gasteiger partial charge on any atom is -0.509 e. The van der Waals surface area contributed by atoms with Crippen molar-refractivity contribution in [1.29, 1.82) is 0 Å². The first-order valence-electron chi connectivity index (χ1n) is 9.53. The van der Waals surface area contributed by atoms with Crippen LogP contribution >= 0.6 is 0 Å². The molecule has 4 heteroatoms. The van der Waals surface area contributed by atoms with Gasteiger partial charge in [-0.05, 0) is 45.4 Å². The monoisotopic (exact) mass is 334 g/mol. The number of aliphatic hydroxyl groups excluding tert-OH is 1. The lowest BCUT2D eigenvalue weighted by Gasteiger charge is -2.40. The molecule has 0 bridgehead atoms. The molecule has 1 heterocycles. The van der Waals surface area contributed by atoms with E-state index in [4.69, 9.17) is 4.74 Å². The zero-order valence-electron chi connectivity index (χ0n) is 15.0. The Balaban J connectivity index is 2.01. The van der Waals surface area contributed by atoms with Gasteiger partial charge in [-0.15, -0.1) is 0 Å². The topological polar surface area (TPSA) is 63.6 Å². The number of hydrogen-bond acceptors (Lipinski definition) is 4. The molecule has 2 aliphatic carbocycles. The van der Waals surface area contributed by atoms with Gasteiger partial charge in [-0.1, -0.05) is 38.5 Å². The molecular formula is C20H30O4. The molecule has 24 heavy (non-hydrogen) atoms. The standard InChI is InChI=1S/C20H30O4/c1-14(22)20(11-7-4-8-12-20)18-17(23)16(19(2,13-21)24-18)15-9-5-3-6-10-15/h13,15,18,23H,3-12H2,1-2H3. The van der Waals surface area contributed by atoms with Gasteiger partial charge in [-0.3, -0.25) is 9.59 Å². The Hall–Kier alpha value is -1.16. The van der Waals surface area contributed by atoms with Crippen LogP contribution in [0.15, 0.2) is 11.3 Å². The van der Waals surface area contributed by atoms with Crippen molar-refractivity contribution in [2.24, 2.45) is 11.3 Å². The van der Waals surface area contributed by atoms with Crippen molar-refractivity contribution < 1.29 is 19.4 Å². The number of ketones is 1. The van der Waals surface area contributed by atoms with Gasteiger partial charge in [-0.2, -0.15) is 0 Å². The van der Waals surface area contributed by atoms with E-state index in [2.05, 4.69) is 0 Å². The zero-order valence-corrected chi connectivity index (χ0v) is 15.0. The van der Waals surface area contributed by atoms with Crippen LogP contribution in [0.2, 0.25) is 0 Å². The summed E-state index contributed by atoms with van der Waals surface area (Å²) in [5, 5.41) is 11.1. The number of hydrogen-bond donors (Lipinski definition) is 1. The van der Waals surface area contributed by atoms with Crippen molar-refractivity contribution >= 4 is 12.1 Å². The summed E-state index contributed by atoms with van der Waals surface area (Å²) < 4.78 is 6.17. The van der Waals surface area contributed by atoms with Gasteiger partial charge >= 0.3 is 0 Å². The second-order valence-corrected chi connectivity index (χ2v) is 8.13. The molecule has 2 unspecified atom stereocenters. The number of rotatable bonds is 4. The van der Waals surface area contributed by atoms with E-state index in [1.807, 2.05) is 0 Å². The maximum atomic E-state index is 12.5. The molecule has 0 aromatic heterocycles. The Morgan fingerprint density at radius 1 is 1.12 bits per heavy atom. The van der Waals surface area contributed by atoms with E-state index >= 15 is 0 Å². The quantitative estimate of drug-likeness (QED) is 0.780. The van der Waals surface area contributed by atoms with Crippen LogP contribution in [-0.4, -0.2) is 28.9 Å². The van der Waals surface area contributed by atoms with Gasteiger partial charge < -0.3 is 9.84 Å². The fraction of sp³-hybridized carbons (Fsp3) is 0.800. The second kappa shape index (κ2) is 6.62. The third-order valence-corrected chi connectivity index (χ3v) is 6.61. The van der Waals surface area contributed by atoms with E-state index in [0.717, 1.165) is 69.6 Å². The second-order valence-electron chi connectivity index (χ2n) is 8.13. The van der Waals surface area contributed by atoms with Crippen LogP contribution in [0.25, 0.3) is 0 Å². The first kappa shape index (κ1) is 17.7. The summed E-state index contributed by atoms with van der Waals surface area (Å²) in [7, 11) is 0. The molecule has 0 saturated heterocycles. The molecule has 2 saturated carbocycles. The number of ether oxygens (including phenoxy) is 1. The minimum atomic E-state index is -1.09. The van der Waals surface area contributed by atoms with Crippen molar-refractivity contribution in [1.82, 2.24) is 0 Å². The van der Waals surface area contributed by atoms with Gasteiger partial charge in [-0.25, -0.2) is 0 Å². The first-order chi connectivity index (χ1) is 11.4. The van der Waals surface area contributed by atoms with Crippen LogP contribution in [-0.2, 0) is 14.3 Å². The predicted octanol–water partition coefficient (Wildman–Crippen LogP) is 4.27. The van der Waals surface area contributed by atoms with Gasteiger partial charge in [0, 0.05) is 5.57 Å². The summed E-state index contributed by atoms with van der Waals surface area (Å²) >= 11 is 0. The molecule has 134 valence electrons. The van der Waals surface area contributed by atoms with Crippen LogP contribution in [0.5, 0.6) is 0 Å². The zero-order chi connectivity index (χ0) is 17.4. The van der Waals surface area contributed by atoms with Gasteiger partial charge in [0.05, 0.1) is 5.41 Å². The predicted molar refractivity (Wildman–Crippen MR) is 91.8 cm³/mol. The Morgan fingerprint density at radius 3 is 2.25 bits per heavy atom. The largest absolute Gasteiger partial charge is 0.509 e. The SMILES string of the molecule is CC(=O)C1(C2OC(C)(C=O)C(C3CCCCC3)=C2O)CCCCC1. The fourth-order valence-corrected chi connectivity index (χ4v) is 5.21. The molecule has 3 rings (SSSR count). The molecule has 0 aromatic carbocycles. The Bertz CT molecular complexity index is 538. The first-order valence-corrected chi connectivity index (χ1v) is 9.53. The number of carbonyl (C=O) groups excluding carboxylic acids is 2. The van der Waals surface area contributed by atoms with Crippen molar-refractivity contribution in [3.05, 3.63) is 11.3 Å². The van der Waals surface area contributed by atoms with Crippen LogP contribution in [0.3, 0.4) is 0 Å². The van der Waals surface area contributed by atoms with Gasteiger partial charge in [0.25, 0.3) is 0 Å². The number of carbonyl (C=O) groups is 2. The average molecular weight is 334 g/mol. The Labute approximate surface area is 144 Å². The van der Waals surface area contributed by atoms with Crippen LogP contribution in [0, 0.1) is 11.3 Å². The summed E-state index contributed by atoms with van der Waals surface area (Å²) in [5.41, 5.74) is -0.993. The smallest absolute Gasteiger partial charge is 0.155 e. The molecule has 0 spiro atoms. The molecule has 1 N–H and O–H groups in total. The van der Waals surface area contributed by atoms with Crippen LogP contribution < -0.4 is 0 Å². The maximum Gasteiger partial charge on any atom is 0.155 e. The van der Waals surface area contributed by atoms with E-state index in [-0.39, 0.29) is 17.5 Å². The Morgan fingerprint density at radius 2 is 1.71 bits per heavy atom. The van der Waals surface area contributed by atoms with Crippen molar-refractivity contribution in [3.8, 4) is 0 Å². The third kappa shape index (κ3) is 2.73. The lowest BCUT2D eigenvalue weighted by Crippen LogP contribution is -2.46. The number of Topliss-reactive ketones (excluding diaryl/α,β-unsaturated/α-hetero) is 1.